The third-order valence-electron chi connectivity index (χ3n) is 2.77. The first-order valence-corrected chi connectivity index (χ1v) is 5.84. The molecule has 0 saturated carbocycles. The highest BCUT2D eigenvalue weighted by Crippen LogP contribution is 2.37. The second kappa shape index (κ2) is 4.80. The number of nitrogens with one attached hydrogen (secondary N) is 1. The maximum absolute atomic E-state index is 10.0. The van der Waals surface area contributed by atoms with E-state index in [4.69, 9.17) is 27.9 Å². The molecule has 5 heteroatoms. The van der Waals surface area contributed by atoms with Gasteiger partial charge in [-0.25, -0.2) is 0 Å². The van der Waals surface area contributed by atoms with Gasteiger partial charge in [0.15, 0.2) is 0 Å². The van der Waals surface area contributed by atoms with Crippen molar-refractivity contribution in [1.29, 1.82) is 0 Å². The third kappa shape index (κ3) is 2.28. The zero-order chi connectivity index (χ0) is 11.7. The molecule has 2 N–H and O–H groups in total. The monoisotopic (exact) mass is 261 g/mol. The number of hydrogen-bond donors (Lipinski definition) is 2. The molecule has 1 heterocycles. The first-order valence-electron chi connectivity index (χ1n) is 5.09. The highest BCUT2D eigenvalue weighted by molar-refractivity contribution is 6.42. The Morgan fingerprint density at radius 1 is 1.38 bits per heavy atom. The number of aliphatic hydroxyl groups excluding tert-OH is 1. The molecule has 1 aliphatic heterocycles. The highest BCUT2D eigenvalue weighted by Gasteiger charge is 2.24. The van der Waals surface area contributed by atoms with Crippen LogP contribution in [0.1, 0.15) is 18.1 Å². The minimum absolute atomic E-state index is 0.125. The number of benzene rings is 1. The summed E-state index contributed by atoms with van der Waals surface area (Å²) < 4.78 is 5.59. The molecule has 0 bridgehead atoms. The molecule has 2 rings (SSSR count). The van der Waals surface area contributed by atoms with Crippen LogP contribution < -0.4 is 10.1 Å². The van der Waals surface area contributed by atoms with Crippen LogP contribution in [0, 0.1) is 0 Å². The van der Waals surface area contributed by atoms with Gasteiger partial charge in [-0.2, -0.15) is 0 Å². The maximum atomic E-state index is 10.0. The summed E-state index contributed by atoms with van der Waals surface area (Å²) in [5.41, 5.74) is 0.701. The zero-order valence-corrected chi connectivity index (χ0v) is 10.3. The second-order valence-corrected chi connectivity index (χ2v) is 4.67. The number of aliphatic hydroxyl groups is 1. The minimum atomic E-state index is -0.579. The van der Waals surface area contributed by atoms with E-state index in [9.17, 15) is 5.11 Å². The molecule has 16 heavy (non-hydrogen) atoms. The largest absolute Gasteiger partial charge is 0.492 e. The smallest absolute Gasteiger partial charge is 0.126 e. The van der Waals surface area contributed by atoms with Crippen molar-refractivity contribution in [2.24, 2.45) is 0 Å². The van der Waals surface area contributed by atoms with Crippen molar-refractivity contribution < 1.29 is 9.84 Å². The lowest BCUT2D eigenvalue weighted by Crippen LogP contribution is -2.31. The Balaban J connectivity index is 2.37. The summed E-state index contributed by atoms with van der Waals surface area (Å²) >= 11 is 11.8. The molecule has 3 nitrogen and oxygen atoms in total. The van der Waals surface area contributed by atoms with Gasteiger partial charge in [-0.15, -0.1) is 0 Å². The lowest BCUT2D eigenvalue weighted by atomic mass is 10.0. The van der Waals surface area contributed by atoms with Crippen molar-refractivity contribution in [3.63, 3.8) is 0 Å². The molecule has 88 valence electrons. The predicted molar refractivity (Wildman–Crippen MR) is 64.4 cm³/mol. The van der Waals surface area contributed by atoms with E-state index in [1.54, 1.807) is 12.1 Å². The van der Waals surface area contributed by atoms with Crippen molar-refractivity contribution in [2.45, 2.75) is 18.6 Å². The van der Waals surface area contributed by atoms with Crippen LogP contribution in [0.3, 0.4) is 0 Å². The average Bonchev–Trinajstić information content (AvgIpc) is 2.41. The molecular weight excluding hydrogens is 249 g/mol. The third-order valence-corrected chi connectivity index (χ3v) is 3.49. The molecule has 0 aliphatic carbocycles. The lowest BCUT2D eigenvalue weighted by Gasteiger charge is -2.14. The van der Waals surface area contributed by atoms with Gasteiger partial charge in [0.2, 0.25) is 0 Å². The van der Waals surface area contributed by atoms with Gasteiger partial charge < -0.3 is 15.2 Å². The fraction of sp³-hybridized carbons (Fsp3) is 0.455. The van der Waals surface area contributed by atoms with Crippen molar-refractivity contribution in [3.05, 3.63) is 27.7 Å². The summed E-state index contributed by atoms with van der Waals surface area (Å²) in [5.74, 6) is 0.611. The molecular formula is C11H13Cl2NO2. The summed E-state index contributed by atoms with van der Waals surface area (Å²) in [6.07, 6.45) is 0.0197. The zero-order valence-electron chi connectivity index (χ0n) is 8.84. The first-order chi connectivity index (χ1) is 7.61. The predicted octanol–water partition coefficient (Wildman–Crippen LogP) is 2.40. The first kappa shape index (κ1) is 12.0. The fourth-order valence-electron chi connectivity index (χ4n) is 1.79. The molecule has 0 spiro atoms. The van der Waals surface area contributed by atoms with Gasteiger partial charge in [-0.1, -0.05) is 23.2 Å². The molecule has 1 aromatic rings. The molecule has 0 fully saturated rings. The Hall–Kier alpha value is -0.480. The second-order valence-electron chi connectivity index (χ2n) is 3.85. The Morgan fingerprint density at radius 3 is 2.75 bits per heavy atom. The van der Waals surface area contributed by atoms with Gasteiger partial charge in [-0.3, -0.25) is 0 Å². The number of likely N-dealkylation sites (N-methyl/N-ethyl adjacent to an activating group) is 1. The summed E-state index contributed by atoms with van der Waals surface area (Å²) in [7, 11) is 1.84. The molecule has 0 amide bonds. The van der Waals surface area contributed by atoms with Crippen LogP contribution in [-0.4, -0.2) is 24.8 Å². The Morgan fingerprint density at radius 2 is 2.06 bits per heavy atom. The molecule has 1 aromatic carbocycles. The van der Waals surface area contributed by atoms with E-state index >= 15 is 0 Å². The maximum Gasteiger partial charge on any atom is 0.126 e. The summed E-state index contributed by atoms with van der Waals surface area (Å²) in [4.78, 5) is 0. The van der Waals surface area contributed by atoms with Crippen LogP contribution >= 0.6 is 23.2 Å². The van der Waals surface area contributed by atoms with E-state index in [1.165, 1.54) is 0 Å². The summed E-state index contributed by atoms with van der Waals surface area (Å²) in [5, 5.41) is 14.0. The number of rotatable bonds is 1. The van der Waals surface area contributed by atoms with Crippen molar-refractivity contribution in [2.75, 3.05) is 13.7 Å². The van der Waals surface area contributed by atoms with Crippen LogP contribution in [-0.2, 0) is 0 Å². The minimum Gasteiger partial charge on any atom is -0.492 e. The van der Waals surface area contributed by atoms with Crippen LogP contribution in [0.5, 0.6) is 5.75 Å². The summed E-state index contributed by atoms with van der Waals surface area (Å²) in [6.45, 7) is 0.512. The topological polar surface area (TPSA) is 41.5 Å². The molecule has 1 aliphatic rings. The quantitative estimate of drug-likeness (QED) is 0.816. The van der Waals surface area contributed by atoms with Crippen LogP contribution in [0.2, 0.25) is 10.0 Å². The van der Waals surface area contributed by atoms with E-state index < -0.39 is 6.10 Å². The van der Waals surface area contributed by atoms with Crippen LogP contribution in [0.15, 0.2) is 12.1 Å². The summed E-state index contributed by atoms with van der Waals surface area (Å²) in [6, 6.07) is 3.45. The Bertz CT molecular complexity index is 398. The fourth-order valence-corrected chi connectivity index (χ4v) is 2.11. The van der Waals surface area contributed by atoms with Crippen molar-refractivity contribution in [3.8, 4) is 5.75 Å². The van der Waals surface area contributed by atoms with E-state index in [1.807, 2.05) is 7.05 Å². The van der Waals surface area contributed by atoms with Gasteiger partial charge in [0.05, 0.1) is 16.1 Å². The van der Waals surface area contributed by atoms with Crippen molar-refractivity contribution in [1.82, 2.24) is 5.32 Å². The van der Waals surface area contributed by atoms with E-state index in [-0.39, 0.29) is 6.04 Å². The number of ether oxygens (including phenoxy) is 1. The lowest BCUT2D eigenvalue weighted by molar-refractivity contribution is 0.153. The molecule has 0 radical (unpaired) electrons. The number of halogens is 2. The van der Waals surface area contributed by atoms with Gasteiger partial charge >= 0.3 is 0 Å². The van der Waals surface area contributed by atoms with Gasteiger partial charge in [0.25, 0.3) is 0 Å². The normalized spacial score (nSPS) is 24.5. The standard InChI is InChI=1S/C11H13Cl2NO2/c1-14-6-2-10(15)7-3-8(12)9(13)4-11(7)16-5-6/h3-4,6,10,14-15H,2,5H2,1H3/t6-,10-/m1/s1. The molecule has 0 unspecified atom stereocenters. The van der Waals surface area contributed by atoms with Gasteiger partial charge in [-0.05, 0) is 19.5 Å². The Kier molecular flexibility index (Phi) is 3.60. The highest BCUT2D eigenvalue weighted by atomic mass is 35.5. The van der Waals surface area contributed by atoms with Crippen LogP contribution in [0.25, 0.3) is 0 Å². The Labute approximate surface area is 104 Å². The number of hydrogen-bond acceptors (Lipinski definition) is 3. The average molecular weight is 262 g/mol. The van der Waals surface area contributed by atoms with Gasteiger partial charge in [0.1, 0.15) is 12.4 Å². The van der Waals surface area contributed by atoms with Gasteiger partial charge in [0, 0.05) is 17.7 Å². The molecule has 2 atom stereocenters. The van der Waals surface area contributed by atoms with E-state index in [0.717, 1.165) is 0 Å². The van der Waals surface area contributed by atoms with E-state index in [2.05, 4.69) is 5.32 Å². The SMILES string of the molecule is CN[C@H]1COc2cc(Cl)c(Cl)cc2[C@H](O)C1. The van der Waals surface area contributed by atoms with Crippen molar-refractivity contribution >= 4 is 23.2 Å². The van der Waals surface area contributed by atoms with Crippen LogP contribution in [0.4, 0.5) is 0 Å². The number of fused-ring (bicyclic) bond motifs is 1. The molecule has 0 aromatic heterocycles. The molecule has 0 saturated heterocycles. The van der Waals surface area contributed by atoms with E-state index in [0.29, 0.717) is 34.4 Å².